The molecule has 0 saturated carbocycles. The van der Waals surface area contributed by atoms with Crippen LogP contribution in [-0.2, 0) is 0 Å². The van der Waals surface area contributed by atoms with Gasteiger partial charge in [0.1, 0.15) is 11.4 Å². The van der Waals surface area contributed by atoms with E-state index < -0.39 is 0 Å². The highest BCUT2D eigenvalue weighted by Gasteiger charge is 2.05. The van der Waals surface area contributed by atoms with Crippen LogP contribution in [0.4, 0.5) is 5.69 Å². The van der Waals surface area contributed by atoms with E-state index in [1.165, 1.54) is 0 Å². The first-order chi connectivity index (χ1) is 7.68. The Hall–Kier alpha value is -1.74. The van der Waals surface area contributed by atoms with Gasteiger partial charge in [-0.2, -0.15) is 0 Å². The zero-order valence-electron chi connectivity index (χ0n) is 8.77. The molecule has 1 aromatic heterocycles. The first kappa shape index (κ1) is 10.8. The summed E-state index contributed by atoms with van der Waals surface area (Å²) in [6, 6.07) is 7.55. The van der Waals surface area contributed by atoms with Gasteiger partial charge in [-0.25, -0.2) is 0 Å². The number of hydrogen-bond acceptors (Lipinski definition) is 3. The van der Waals surface area contributed by atoms with Crippen LogP contribution in [0.2, 0.25) is 5.02 Å². The first-order valence-electron chi connectivity index (χ1n) is 4.83. The minimum atomic E-state index is 0.559. The normalized spacial score (nSPS) is 11.1. The lowest BCUT2D eigenvalue weighted by Crippen LogP contribution is -1.86. The third-order valence-corrected chi connectivity index (χ3v) is 2.61. The minimum Gasteiger partial charge on any atom is -0.394 e. The molecule has 0 atom stereocenters. The quantitative estimate of drug-likeness (QED) is 0.867. The molecule has 0 fully saturated rings. The smallest absolute Gasteiger partial charge is 0.157 e. The number of aryl methyl sites for hydroxylation is 1. The van der Waals surface area contributed by atoms with Gasteiger partial charge in [-0.3, -0.25) is 0 Å². The molecule has 16 heavy (non-hydrogen) atoms. The van der Waals surface area contributed by atoms with E-state index in [0.717, 1.165) is 5.56 Å². The monoisotopic (exact) mass is 234 g/mol. The maximum absolute atomic E-state index is 6.01. The molecule has 2 rings (SSSR count). The van der Waals surface area contributed by atoms with Crippen LogP contribution in [0.3, 0.4) is 0 Å². The van der Waals surface area contributed by atoms with Crippen molar-refractivity contribution in [2.45, 2.75) is 6.92 Å². The van der Waals surface area contributed by atoms with E-state index in [4.69, 9.17) is 21.9 Å². The molecule has 0 bridgehead atoms. The summed E-state index contributed by atoms with van der Waals surface area (Å²) < 4.78 is 4.95. The third kappa shape index (κ3) is 2.09. The van der Waals surface area contributed by atoms with Gasteiger partial charge < -0.3 is 10.3 Å². The third-order valence-electron chi connectivity index (χ3n) is 2.26. The zero-order valence-corrected chi connectivity index (χ0v) is 9.53. The molecule has 0 aliphatic carbocycles. The Labute approximate surface area is 98.5 Å². The van der Waals surface area contributed by atoms with Crippen molar-refractivity contribution in [1.29, 1.82) is 0 Å². The van der Waals surface area contributed by atoms with Crippen LogP contribution in [0.5, 0.6) is 0 Å². The predicted octanol–water partition coefficient (Wildman–Crippen LogP) is 3.39. The van der Waals surface area contributed by atoms with E-state index in [1.807, 2.05) is 30.3 Å². The van der Waals surface area contributed by atoms with Crippen LogP contribution in [0.25, 0.3) is 12.2 Å². The molecule has 0 radical (unpaired) electrons. The minimum absolute atomic E-state index is 0.559. The highest BCUT2D eigenvalue weighted by Crippen LogP contribution is 2.21. The fourth-order valence-electron chi connectivity index (χ4n) is 1.30. The van der Waals surface area contributed by atoms with Crippen molar-refractivity contribution in [3.05, 3.63) is 46.3 Å². The van der Waals surface area contributed by atoms with Crippen molar-refractivity contribution < 1.29 is 4.52 Å². The molecule has 1 aromatic carbocycles. The lowest BCUT2D eigenvalue weighted by Gasteiger charge is -1.95. The Balaban J connectivity index is 2.28. The Morgan fingerprint density at radius 1 is 1.31 bits per heavy atom. The summed E-state index contributed by atoms with van der Waals surface area (Å²) in [4.78, 5) is 0. The van der Waals surface area contributed by atoms with Crippen LogP contribution >= 0.6 is 11.6 Å². The average molecular weight is 235 g/mol. The average Bonchev–Trinajstić information content (AvgIpc) is 2.59. The van der Waals surface area contributed by atoms with E-state index >= 15 is 0 Å². The summed E-state index contributed by atoms with van der Waals surface area (Å²) in [6.07, 6.45) is 3.64. The summed E-state index contributed by atoms with van der Waals surface area (Å²) in [6.45, 7) is 1.77. The molecule has 4 heteroatoms. The standard InChI is InChI=1S/C12H11ClN2O/c1-8-12(14)11(15-16-8)7-6-9-4-2-3-5-10(9)13/h2-7H,14H2,1H3/b7-6+. The van der Waals surface area contributed by atoms with Crippen LogP contribution in [0, 0.1) is 6.92 Å². The predicted molar refractivity (Wildman–Crippen MR) is 66.0 cm³/mol. The molecule has 0 amide bonds. The van der Waals surface area contributed by atoms with Gasteiger partial charge in [-0.05, 0) is 24.6 Å². The molecule has 2 N–H and O–H groups in total. The summed E-state index contributed by atoms with van der Waals surface area (Å²) in [7, 11) is 0. The van der Waals surface area contributed by atoms with Crippen molar-refractivity contribution in [3.8, 4) is 0 Å². The molecular formula is C12H11ClN2O. The van der Waals surface area contributed by atoms with E-state index in [9.17, 15) is 0 Å². The fourth-order valence-corrected chi connectivity index (χ4v) is 1.49. The van der Waals surface area contributed by atoms with Gasteiger partial charge in [-0.15, -0.1) is 0 Å². The molecule has 0 saturated heterocycles. The second-order valence-corrected chi connectivity index (χ2v) is 3.80. The topological polar surface area (TPSA) is 52.0 Å². The van der Waals surface area contributed by atoms with E-state index in [2.05, 4.69) is 5.16 Å². The second-order valence-electron chi connectivity index (χ2n) is 3.39. The molecule has 0 aliphatic rings. The van der Waals surface area contributed by atoms with Crippen molar-refractivity contribution in [2.75, 3.05) is 5.73 Å². The van der Waals surface area contributed by atoms with Gasteiger partial charge in [-0.1, -0.05) is 41.0 Å². The van der Waals surface area contributed by atoms with Crippen molar-refractivity contribution in [1.82, 2.24) is 5.16 Å². The van der Waals surface area contributed by atoms with Gasteiger partial charge in [0.05, 0.1) is 0 Å². The molecule has 0 spiro atoms. The number of halogens is 1. The van der Waals surface area contributed by atoms with Crippen molar-refractivity contribution >= 4 is 29.4 Å². The summed E-state index contributed by atoms with van der Waals surface area (Å²) in [5.74, 6) is 0.624. The highest BCUT2D eigenvalue weighted by molar-refractivity contribution is 6.32. The van der Waals surface area contributed by atoms with Gasteiger partial charge >= 0.3 is 0 Å². The van der Waals surface area contributed by atoms with Crippen LogP contribution in [-0.4, -0.2) is 5.16 Å². The Bertz CT molecular complexity index is 532. The van der Waals surface area contributed by atoms with Crippen molar-refractivity contribution in [3.63, 3.8) is 0 Å². The van der Waals surface area contributed by atoms with E-state index in [0.29, 0.717) is 22.2 Å². The number of nitrogens with zero attached hydrogens (tertiary/aromatic N) is 1. The lowest BCUT2D eigenvalue weighted by molar-refractivity contribution is 0.397. The number of benzene rings is 1. The highest BCUT2D eigenvalue weighted by atomic mass is 35.5. The SMILES string of the molecule is Cc1onc(/C=C/c2ccccc2Cl)c1N. The summed E-state index contributed by atoms with van der Waals surface area (Å²) in [5, 5.41) is 4.52. The number of rotatable bonds is 2. The Morgan fingerprint density at radius 3 is 2.69 bits per heavy atom. The van der Waals surface area contributed by atoms with Crippen LogP contribution in [0.15, 0.2) is 28.8 Å². The Kier molecular flexibility index (Phi) is 2.97. The molecule has 0 aliphatic heterocycles. The maximum atomic E-state index is 6.01. The van der Waals surface area contributed by atoms with E-state index in [-0.39, 0.29) is 0 Å². The van der Waals surface area contributed by atoms with Gasteiger partial charge in [0.25, 0.3) is 0 Å². The lowest BCUT2D eigenvalue weighted by atomic mass is 10.2. The molecule has 82 valence electrons. The summed E-state index contributed by atoms with van der Waals surface area (Å²) >= 11 is 6.01. The van der Waals surface area contributed by atoms with Crippen LogP contribution < -0.4 is 5.73 Å². The number of nitrogens with two attached hydrogens (primary N) is 1. The van der Waals surface area contributed by atoms with Crippen molar-refractivity contribution in [2.24, 2.45) is 0 Å². The number of anilines is 1. The van der Waals surface area contributed by atoms with Gasteiger partial charge in [0.2, 0.25) is 0 Å². The number of hydrogen-bond donors (Lipinski definition) is 1. The van der Waals surface area contributed by atoms with Crippen LogP contribution in [0.1, 0.15) is 17.0 Å². The number of nitrogen functional groups attached to an aromatic ring is 1. The largest absolute Gasteiger partial charge is 0.394 e. The van der Waals surface area contributed by atoms with E-state index in [1.54, 1.807) is 13.0 Å². The number of aromatic nitrogens is 1. The summed E-state index contributed by atoms with van der Waals surface area (Å²) in [5.41, 5.74) is 7.87. The first-order valence-corrected chi connectivity index (χ1v) is 5.20. The molecular weight excluding hydrogens is 224 g/mol. The molecule has 0 unspecified atom stereocenters. The Morgan fingerprint density at radius 2 is 2.06 bits per heavy atom. The van der Waals surface area contributed by atoms with Gasteiger partial charge in [0.15, 0.2) is 5.76 Å². The second kappa shape index (κ2) is 4.41. The fraction of sp³-hybridized carbons (Fsp3) is 0.0833. The molecule has 1 heterocycles. The van der Waals surface area contributed by atoms with Gasteiger partial charge in [0, 0.05) is 5.02 Å². The molecule has 2 aromatic rings. The maximum Gasteiger partial charge on any atom is 0.157 e. The zero-order chi connectivity index (χ0) is 11.5. The molecule has 3 nitrogen and oxygen atoms in total.